The molecule has 2 N–H and O–H groups in total. The van der Waals surface area contributed by atoms with Crippen molar-refractivity contribution in [3.05, 3.63) is 82.7 Å². The molecule has 0 spiro atoms. The van der Waals surface area contributed by atoms with E-state index in [-0.39, 0.29) is 17.9 Å². The van der Waals surface area contributed by atoms with Crippen LogP contribution < -0.4 is 10.6 Å². The Labute approximate surface area is 179 Å². The van der Waals surface area contributed by atoms with Crippen LogP contribution in [0, 0.1) is 24.6 Å². The molecule has 4 atom stereocenters. The topological polar surface area (TPSA) is 36.4 Å². The molecule has 4 heteroatoms. The normalized spacial score (nSPS) is 27.9. The van der Waals surface area contributed by atoms with Crippen molar-refractivity contribution in [1.82, 2.24) is 10.6 Å². The molecule has 0 aromatic heterocycles. The van der Waals surface area contributed by atoms with Crippen LogP contribution in [0.2, 0.25) is 0 Å². The number of aryl methyl sites for hydroxylation is 1. The Bertz CT molecular complexity index is 949. The quantitative estimate of drug-likeness (QED) is 0.643. The summed E-state index contributed by atoms with van der Waals surface area (Å²) in [7, 11) is 0. The molecule has 1 aliphatic heterocycles. The highest BCUT2D eigenvalue weighted by Crippen LogP contribution is 2.36. The summed E-state index contributed by atoms with van der Waals surface area (Å²) in [5, 5.41) is 7.31. The number of aliphatic imine (C=N–C) groups is 1. The lowest BCUT2D eigenvalue weighted by molar-refractivity contribution is 0.423. The number of hydrogen-bond donors (Lipinski definition) is 2. The first-order valence-corrected chi connectivity index (χ1v) is 11.1. The number of halogens is 1. The average molecular weight is 406 g/mol. The van der Waals surface area contributed by atoms with Crippen molar-refractivity contribution >= 4 is 5.96 Å². The van der Waals surface area contributed by atoms with E-state index in [4.69, 9.17) is 4.99 Å². The van der Waals surface area contributed by atoms with Crippen molar-refractivity contribution < 1.29 is 4.39 Å². The van der Waals surface area contributed by atoms with Gasteiger partial charge in [-0.15, -0.1) is 0 Å². The summed E-state index contributed by atoms with van der Waals surface area (Å²) in [6.45, 7) is 7.33. The minimum atomic E-state index is -0.220. The van der Waals surface area contributed by atoms with E-state index < -0.39 is 0 Å². The van der Waals surface area contributed by atoms with Gasteiger partial charge in [0.05, 0.1) is 18.6 Å². The molecule has 2 aromatic rings. The fraction of sp³-hybridized carbons (Fsp3) is 0.423. The molecular formula is C26H32FN3. The van der Waals surface area contributed by atoms with Crippen LogP contribution in [-0.4, -0.2) is 12.0 Å². The zero-order valence-electron chi connectivity index (χ0n) is 18.2. The van der Waals surface area contributed by atoms with Crippen molar-refractivity contribution in [1.29, 1.82) is 0 Å². The molecule has 0 saturated carbocycles. The standard InChI is InChI=1S/C26H32FN3/c1-17-8-6-13-23(19(3)14-17)25-24(22-12-5-4-9-18(22)2)29-26(30-25)28-16-20-10-7-11-21(27)15-20/h4-5,7,9-13,15,17,19,24-25H,6,8,14,16H2,1-3H3,(H2,28,29,30)/t17?,19?,24-,25+/m0/s1. The maximum atomic E-state index is 13.5. The summed E-state index contributed by atoms with van der Waals surface area (Å²) < 4.78 is 13.5. The molecule has 2 aromatic carbocycles. The highest BCUT2D eigenvalue weighted by Gasteiger charge is 2.37. The Hall–Kier alpha value is -2.62. The largest absolute Gasteiger partial charge is 0.347 e. The van der Waals surface area contributed by atoms with E-state index in [2.05, 4.69) is 61.7 Å². The Morgan fingerprint density at radius 2 is 1.83 bits per heavy atom. The van der Waals surface area contributed by atoms with Crippen LogP contribution in [0.5, 0.6) is 0 Å². The zero-order valence-corrected chi connectivity index (χ0v) is 18.2. The van der Waals surface area contributed by atoms with Gasteiger partial charge in [0.1, 0.15) is 5.82 Å². The smallest absolute Gasteiger partial charge is 0.192 e. The summed E-state index contributed by atoms with van der Waals surface area (Å²) in [5.41, 5.74) is 4.94. The molecule has 1 heterocycles. The predicted octanol–water partition coefficient (Wildman–Crippen LogP) is 5.68. The molecule has 4 rings (SSSR count). The zero-order chi connectivity index (χ0) is 21.1. The lowest BCUT2D eigenvalue weighted by Gasteiger charge is -2.27. The van der Waals surface area contributed by atoms with Crippen LogP contribution in [0.25, 0.3) is 0 Å². The van der Waals surface area contributed by atoms with E-state index in [1.54, 1.807) is 12.1 Å². The molecule has 0 radical (unpaired) electrons. The Balaban J connectivity index is 1.63. The van der Waals surface area contributed by atoms with Gasteiger partial charge in [0, 0.05) is 0 Å². The number of nitrogens with zero attached hydrogens (tertiary/aromatic N) is 1. The Kier molecular flexibility index (Phi) is 6.21. The second kappa shape index (κ2) is 9.03. The Morgan fingerprint density at radius 3 is 2.63 bits per heavy atom. The lowest BCUT2D eigenvalue weighted by atomic mass is 9.84. The minimum absolute atomic E-state index is 0.138. The predicted molar refractivity (Wildman–Crippen MR) is 122 cm³/mol. The molecular weight excluding hydrogens is 373 g/mol. The van der Waals surface area contributed by atoms with Crippen LogP contribution in [0.4, 0.5) is 4.39 Å². The molecule has 158 valence electrons. The van der Waals surface area contributed by atoms with Crippen molar-refractivity contribution in [2.45, 2.75) is 58.7 Å². The van der Waals surface area contributed by atoms with Crippen molar-refractivity contribution in [3.8, 4) is 0 Å². The van der Waals surface area contributed by atoms with Gasteiger partial charge in [0.25, 0.3) is 0 Å². The molecule has 1 aliphatic carbocycles. The van der Waals surface area contributed by atoms with Crippen molar-refractivity contribution in [2.24, 2.45) is 16.8 Å². The maximum Gasteiger partial charge on any atom is 0.192 e. The SMILES string of the molecule is Cc1ccccc1[C@@H]1NC(=NCc2cccc(F)c2)N[C@@H]1C1=CCCC(C)CC1C. The van der Waals surface area contributed by atoms with Crippen molar-refractivity contribution in [3.63, 3.8) is 0 Å². The van der Waals surface area contributed by atoms with E-state index >= 15 is 0 Å². The highest BCUT2D eigenvalue weighted by molar-refractivity contribution is 5.84. The summed E-state index contributed by atoms with van der Waals surface area (Å²) in [4.78, 5) is 4.75. The van der Waals surface area contributed by atoms with E-state index in [9.17, 15) is 4.39 Å². The fourth-order valence-electron chi connectivity index (χ4n) is 4.90. The summed E-state index contributed by atoms with van der Waals surface area (Å²) in [5.74, 6) is 1.86. The number of allylic oxidation sites excluding steroid dienone is 1. The Morgan fingerprint density at radius 1 is 1.03 bits per heavy atom. The lowest BCUT2D eigenvalue weighted by Crippen LogP contribution is -2.33. The van der Waals surface area contributed by atoms with Gasteiger partial charge in [-0.25, -0.2) is 9.38 Å². The van der Waals surface area contributed by atoms with E-state index in [0.717, 1.165) is 23.9 Å². The van der Waals surface area contributed by atoms with Crippen LogP contribution in [0.15, 0.2) is 65.2 Å². The second-order valence-corrected chi connectivity index (χ2v) is 8.92. The third-order valence-electron chi connectivity index (χ3n) is 6.47. The third-order valence-corrected chi connectivity index (χ3v) is 6.47. The fourth-order valence-corrected chi connectivity index (χ4v) is 4.90. The molecule has 3 nitrogen and oxygen atoms in total. The highest BCUT2D eigenvalue weighted by atomic mass is 19.1. The first kappa shape index (κ1) is 20.6. The summed E-state index contributed by atoms with van der Waals surface area (Å²) in [6.07, 6.45) is 6.06. The van der Waals surface area contributed by atoms with Crippen molar-refractivity contribution in [2.75, 3.05) is 0 Å². The molecule has 1 saturated heterocycles. The van der Waals surface area contributed by atoms with Gasteiger partial charge in [0.2, 0.25) is 0 Å². The first-order valence-electron chi connectivity index (χ1n) is 11.1. The molecule has 2 unspecified atom stereocenters. The molecule has 30 heavy (non-hydrogen) atoms. The second-order valence-electron chi connectivity index (χ2n) is 8.92. The van der Waals surface area contributed by atoms with Crippen LogP contribution in [-0.2, 0) is 6.54 Å². The van der Waals surface area contributed by atoms with Crippen LogP contribution >= 0.6 is 0 Å². The summed E-state index contributed by atoms with van der Waals surface area (Å²) >= 11 is 0. The van der Waals surface area contributed by atoms with Gasteiger partial charge in [-0.05, 0) is 72.4 Å². The molecule has 1 fully saturated rings. The third kappa shape index (κ3) is 4.58. The van der Waals surface area contributed by atoms with Gasteiger partial charge in [0.15, 0.2) is 5.96 Å². The average Bonchev–Trinajstić information content (AvgIpc) is 3.05. The summed E-state index contributed by atoms with van der Waals surface area (Å²) in [6, 6.07) is 15.6. The van der Waals surface area contributed by atoms with Gasteiger partial charge in [-0.2, -0.15) is 0 Å². The number of rotatable bonds is 4. The van der Waals surface area contributed by atoms with E-state index in [0.29, 0.717) is 12.5 Å². The van der Waals surface area contributed by atoms with Gasteiger partial charge < -0.3 is 10.6 Å². The number of nitrogens with one attached hydrogen (secondary N) is 2. The van der Waals surface area contributed by atoms with Gasteiger partial charge in [-0.3, -0.25) is 0 Å². The number of hydrogen-bond acceptors (Lipinski definition) is 1. The van der Waals surface area contributed by atoms with Gasteiger partial charge in [-0.1, -0.05) is 56.3 Å². The van der Waals surface area contributed by atoms with E-state index in [1.165, 1.54) is 35.6 Å². The van der Waals surface area contributed by atoms with Crippen LogP contribution in [0.1, 0.15) is 55.8 Å². The molecule has 0 bridgehead atoms. The first-order chi connectivity index (χ1) is 14.5. The monoisotopic (exact) mass is 405 g/mol. The molecule has 2 aliphatic rings. The minimum Gasteiger partial charge on any atom is -0.347 e. The van der Waals surface area contributed by atoms with Gasteiger partial charge >= 0.3 is 0 Å². The molecule has 0 amide bonds. The number of guanidine groups is 1. The van der Waals surface area contributed by atoms with E-state index in [1.807, 2.05) is 6.07 Å². The van der Waals surface area contributed by atoms with Crippen LogP contribution in [0.3, 0.4) is 0 Å². The number of benzene rings is 2. The maximum absolute atomic E-state index is 13.5.